The molecule has 1 unspecified atom stereocenters. The third kappa shape index (κ3) is 1.69. The molecular weight excluding hydrogens is 226 g/mol. The van der Waals surface area contributed by atoms with Crippen LogP contribution in [0.1, 0.15) is 29.8 Å². The molecule has 0 spiro atoms. The normalized spacial score (nSPS) is 19.1. The number of benzene rings is 1. The second-order valence-electron chi connectivity index (χ2n) is 4.93. The summed E-state index contributed by atoms with van der Waals surface area (Å²) in [5, 5.41) is 2.83. The molecule has 4 nitrogen and oxygen atoms in total. The van der Waals surface area contributed by atoms with Crippen LogP contribution in [-0.4, -0.2) is 14.7 Å². The standard InChI is InChI=1S/C14H17N3O/c1-10-13-12(16(2)15-14(13)18)9-17(10)8-11-6-4-3-5-7-11/h3-7,10H,8-9H2,1-2H3,(H,15,18). The largest absolute Gasteiger partial charge is 0.291 e. The fourth-order valence-corrected chi connectivity index (χ4v) is 2.74. The zero-order valence-corrected chi connectivity index (χ0v) is 10.7. The number of nitrogens with one attached hydrogen (secondary N) is 1. The van der Waals surface area contributed by atoms with E-state index in [0.717, 1.165) is 24.3 Å². The van der Waals surface area contributed by atoms with E-state index in [1.54, 1.807) is 0 Å². The van der Waals surface area contributed by atoms with Crippen LogP contribution in [0.3, 0.4) is 0 Å². The van der Waals surface area contributed by atoms with E-state index >= 15 is 0 Å². The zero-order valence-electron chi connectivity index (χ0n) is 10.7. The minimum atomic E-state index is 0.0514. The number of rotatable bonds is 2. The smallest absolute Gasteiger partial charge is 0.269 e. The maximum atomic E-state index is 11.8. The van der Waals surface area contributed by atoms with E-state index in [-0.39, 0.29) is 11.6 Å². The quantitative estimate of drug-likeness (QED) is 0.873. The van der Waals surface area contributed by atoms with Gasteiger partial charge >= 0.3 is 0 Å². The third-order valence-electron chi connectivity index (χ3n) is 3.78. The number of fused-ring (bicyclic) bond motifs is 1. The number of H-pyrrole nitrogens is 1. The molecule has 2 heterocycles. The Morgan fingerprint density at radius 3 is 2.72 bits per heavy atom. The van der Waals surface area contributed by atoms with Gasteiger partial charge in [0, 0.05) is 26.2 Å². The molecule has 1 aromatic carbocycles. The second-order valence-corrected chi connectivity index (χ2v) is 4.93. The van der Waals surface area contributed by atoms with E-state index in [2.05, 4.69) is 41.2 Å². The van der Waals surface area contributed by atoms with Crippen molar-refractivity contribution in [2.75, 3.05) is 0 Å². The molecule has 1 aromatic heterocycles. The molecule has 1 N–H and O–H groups in total. The Balaban J connectivity index is 1.87. The lowest BCUT2D eigenvalue weighted by molar-refractivity contribution is 0.215. The van der Waals surface area contributed by atoms with Crippen LogP contribution in [0.5, 0.6) is 0 Å². The lowest BCUT2D eigenvalue weighted by Gasteiger charge is -2.21. The van der Waals surface area contributed by atoms with Crippen LogP contribution in [0.4, 0.5) is 0 Å². The highest BCUT2D eigenvalue weighted by Crippen LogP contribution is 2.31. The number of hydrogen-bond donors (Lipinski definition) is 1. The van der Waals surface area contributed by atoms with Crippen LogP contribution < -0.4 is 5.56 Å². The minimum absolute atomic E-state index is 0.0514. The van der Waals surface area contributed by atoms with Crippen molar-refractivity contribution in [3.8, 4) is 0 Å². The Bertz CT molecular complexity index is 612. The summed E-state index contributed by atoms with van der Waals surface area (Å²) in [5.74, 6) is 0. The van der Waals surface area contributed by atoms with Crippen molar-refractivity contribution in [2.45, 2.75) is 26.1 Å². The van der Waals surface area contributed by atoms with E-state index in [9.17, 15) is 4.79 Å². The molecule has 18 heavy (non-hydrogen) atoms. The van der Waals surface area contributed by atoms with E-state index in [0.29, 0.717) is 0 Å². The summed E-state index contributed by atoms with van der Waals surface area (Å²) in [5.41, 5.74) is 3.38. The highest BCUT2D eigenvalue weighted by molar-refractivity contribution is 5.27. The summed E-state index contributed by atoms with van der Waals surface area (Å²) in [6, 6.07) is 10.6. The Kier molecular flexibility index (Phi) is 2.59. The van der Waals surface area contributed by atoms with Gasteiger partial charge in [0.15, 0.2) is 0 Å². The van der Waals surface area contributed by atoms with Gasteiger partial charge in [-0.25, -0.2) is 0 Å². The predicted octanol–water partition coefficient (Wildman–Crippen LogP) is 1.79. The van der Waals surface area contributed by atoms with Crippen LogP contribution >= 0.6 is 0 Å². The third-order valence-corrected chi connectivity index (χ3v) is 3.78. The average Bonchev–Trinajstić information content (AvgIpc) is 2.82. The lowest BCUT2D eigenvalue weighted by Crippen LogP contribution is -2.23. The van der Waals surface area contributed by atoms with Crippen molar-refractivity contribution in [1.29, 1.82) is 0 Å². The van der Waals surface area contributed by atoms with Crippen LogP contribution in [0.2, 0.25) is 0 Å². The SMILES string of the molecule is CC1c2c(n(C)[nH]c2=O)CN1Cc1ccccc1. The number of aromatic nitrogens is 2. The summed E-state index contributed by atoms with van der Waals surface area (Å²) in [7, 11) is 1.90. The Labute approximate surface area is 106 Å². The summed E-state index contributed by atoms with van der Waals surface area (Å²) in [6.07, 6.45) is 0. The van der Waals surface area contributed by atoms with Gasteiger partial charge in [-0.15, -0.1) is 0 Å². The van der Waals surface area contributed by atoms with Gasteiger partial charge in [-0.3, -0.25) is 19.5 Å². The van der Waals surface area contributed by atoms with Crippen LogP contribution in [0.25, 0.3) is 0 Å². The van der Waals surface area contributed by atoms with Crippen molar-refractivity contribution >= 4 is 0 Å². The number of aromatic amines is 1. The van der Waals surface area contributed by atoms with Crippen molar-refractivity contribution in [2.24, 2.45) is 7.05 Å². The Hall–Kier alpha value is -1.81. The molecule has 0 radical (unpaired) electrons. The predicted molar refractivity (Wildman–Crippen MR) is 70.1 cm³/mol. The van der Waals surface area contributed by atoms with E-state index in [1.165, 1.54) is 5.56 Å². The van der Waals surface area contributed by atoms with Crippen molar-refractivity contribution in [3.63, 3.8) is 0 Å². The maximum absolute atomic E-state index is 11.8. The first kappa shape index (κ1) is 11.3. The van der Waals surface area contributed by atoms with Crippen LogP contribution in [-0.2, 0) is 20.1 Å². The van der Waals surface area contributed by atoms with Crippen LogP contribution in [0, 0.1) is 0 Å². The highest BCUT2D eigenvalue weighted by Gasteiger charge is 2.31. The first-order chi connectivity index (χ1) is 8.66. The lowest BCUT2D eigenvalue weighted by atomic mass is 10.1. The number of nitrogens with zero attached hydrogens (tertiary/aromatic N) is 2. The summed E-state index contributed by atoms with van der Waals surface area (Å²) < 4.78 is 1.85. The fourth-order valence-electron chi connectivity index (χ4n) is 2.74. The molecule has 0 amide bonds. The molecule has 1 aliphatic heterocycles. The molecular formula is C14H17N3O. The van der Waals surface area contributed by atoms with Gasteiger partial charge in [0.1, 0.15) is 0 Å². The summed E-state index contributed by atoms with van der Waals surface area (Å²) >= 11 is 0. The monoisotopic (exact) mass is 243 g/mol. The minimum Gasteiger partial charge on any atom is -0.291 e. The van der Waals surface area contributed by atoms with Crippen molar-refractivity contribution in [3.05, 3.63) is 57.5 Å². The molecule has 3 rings (SSSR count). The number of aryl methyl sites for hydroxylation is 1. The van der Waals surface area contributed by atoms with Gasteiger partial charge in [-0.1, -0.05) is 30.3 Å². The van der Waals surface area contributed by atoms with E-state index in [4.69, 9.17) is 0 Å². The van der Waals surface area contributed by atoms with Gasteiger partial charge in [-0.05, 0) is 12.5 Å². The molecule has 0 saturated heterocycles. The summed E-state index contributed by atoms with van der Waals surface area (Å²) in [6.45, 7) is 3.82. The number of hydrogen-bond acceptors (Lipinski definition) is 2. The molecule has 2 aromatic rings. The molecule has 4 heteroatoms. The van der Waals surface area contributed by atoms with Gasteiger partial charge < -0.3 is 0 Å². The molecule has 0 saturated carbocycles. The molecule has 0 aliphatic carbocycles. The van der Waals surface area contributed by atoms with Crippen molar-refractivity contribution in [1.82, 2.24) is 14.7 Å². The first-order valence-electron chi connectivity index (χ1n) is 6.22. The van der Waals surface area contributed by atoms with Crippen LogP contribution in [0.15, 0.2) is 35.1 Å². The molecule has 1 atom stereocenters. The van der Waals surface area contributed by atoms with Gasteiger partial charge in [0.2, 0.25) is 0 Å². The second kappa shape index (κ2) is 4.14. The summed E-state index contributed by atoms with van der Waals surface area (Å²) in [4.78, 5) is 14.2. The molecule has 0 fully saturated rings. The van der Waals surface area contributed by atoms with E-state index in [1.807, 2.05) is 17.8 Å². The van der Waals surface area contributed by atoms with Gasteiger partial charge in [-0.2, -0.15) is 0 Å². The Morgan fingerprint density at radius 1 is 1.33 bits per heavy atom. The van der Waals surface area contributed by atoms with E-state index < -0.39 is 0 Å². The zero-order chi connectivity index (χ0) is 12.7. The average molecular weight is 243 g/mol. The Morgan fingerprint density at radius 2 is 2.06 bits per heavy atom. The molecule has 1 aliphatic rings. The topological polar surface area (TPSA) is 41.0 Å². The molecule has 0 bridgehead atoms. The maximum Gasteiger partial charge on any atom is 0.269 e. The van der Waals surface area contributed by atoms with Gasteiger partial charge in [0.05, 0.1) is 11.3 Å². The van der Waals surface area contributed by atoms with Crippen molar-refractivity contribution < 1.29 is 0 Å². The molecule has 94 valence electrons. The highest BCUT2D eigenvalue weighted by atomic mass is 16.1. The fraction of sp³-hybridized carbons (Fsp3) is 0.357. The van der Waals surface area contributed by atoms with Gasteiger partial charge in [0.25, 0.3) is 5.56 Å². The first-order valence-corrected chi connectivity index (χ1v) is 6.22.